The minimum Gasteiger partial charge on any atom is -0.489 e. The Morgan fingerprint density at radius 2 is 1.84 bits per heavy atom. The van der Waals surface area contributed by atoms with E-state index in [2.05, 4.69) is 58.0 Å². The van der Waals surface area contributed by atoms with Crippen molar-refractivity contribution >= 4 is 22.6 Å². The molecule has 0 spiro atoms. The number of thiophene rings is 1. The second kappa shape index (κ2) is 9.30. The molecule has 1 aromatic heterocycles. The molecule has 0 saturated carbocycles. The van der Waals surface area contributed by atoms with Crippen LogP contribution in [0.1, 0.15) is 59.9 Å². The number of rotatable bonds is 5. The van der Waals surface area contributed by atoms with E-state index in [4.69, 9.17) is 9.73 Å². The third-order valence-corrected chi connectivity index (χ3v) is 7.48. The zero-order valence-corrected chi connectivity index (χ0v) is 20.1. The number of aryl methyl sites for hydroxylation is 1. The molecule has 3 nitrogen and oxygen atoms in total. The van der Waals surface area contributed by atoms with Crippen molar-refractivity contribution in [1.82, 2.24) is 0 Å². The number of hydrogen-bond acceptors (Lipinski definition) is 4. The first-order chi connectivity index (χ1) is 15.3. The third-order valence-electron chi connectivity index (χ3n) is 6.32. The Hall–Kier alpha value is -2.90. The summed E-state index contributed by atoms with van der Waals surface area (Å²) in [5, 5.41) is 10.6. The Bertz CT molecular complexity index is 1140. The average Bonchev–Trinajstić information content (AvgIpc) is 3.14. The van der Waals surface area contributed by atoms with Gasteiger partial charge in [-0.05, 0) is 78.5 Å². The Morgan fingerprint density at radius 1 is 1.12 bits per heavy atom. The lowest BCUT2D eigenvalue weighted by Crippen LogP contribution is -2.26. The summed E-state index contributed by atoms with van der Waals surface area (Å²) in [6.07, 6.45) is 5.04. The summed E-state index contributed by atoms with van der Waals surface area (Å²) < 4.78 is 5.89. The molecule has 164 valence electrons. The molecule has 3 aromatic rings. The summed E-state index contributed by atoms with van der Waals surface area (Å²) in [5.74, 6) is 1.49. The smallest absolute Gasteiger partial charge is 0.134 e. The summed E-state index contributed by atoms with van der Waals surface area (Å²) in [7, 11) is 0. The van der Waals surface area contributed by atoms with E-state index in [9.17, 15) is 5.26 Å². The van der Waals surface area contributed by atoms with Crippen molar-refractivity contribution in [1.29, 1.82) is 5.26 Å². The van der Waals surface area contributed by atoms with E-state index < -0.39 is 0 Å². The van der Waals surface area contributed by atoms with Crippen molar-refractivity contribution in [2.45, 2.75) is 53.6 Å². The van der Waals surface area contributed by atoms with Crippen molar-refractivity contribution in [3.63, 3.8) is 0 Å². The first-order valence-electron chi connectivity index (χ1n) is 11.2. The Kier molecular flexibility index (Phi) is 6.48. The number of hydrogen-bond donors (Lipinski definition) is 0. The quantitative estimate of drug-likeness (QED) is 0.386. The van der Waals surface area contributed by atoms with Crippen LogP contribution in [0.4, 0.5) is 5.00 Å². The van der Waals surface area contributed by atoms with Crippen LogP contribution in [-0.2, 0) is 19.4 Å². The molecule has 0 bridgehead atoms. The second-order valence-corrected chi connectivity index (χ2v) is 10.8. The number of ether oxygens (including phenoxy) is 1. The van der Waals surface area contributed by atoms with Gasteiger partial charge in [-0.3, -0.25) is 0 Å². The van der Waals surface area contributed by atoms with Crippen LogP contribution >= 0.6 is 11.3 Å². The number of nitriles is 1. The lowest BCUT2D eigenvalue weighted by Gasteiger charge is -2.33. The molecule has 1 aliphatic rings. The average molecular weight is 443 g/mol. The number of benzene rings is 2. The molecule has 0 unspecified atom stereocenters. The van der Waals surface area contributed by atoms with Crippen molar-refractivity contribution in [3.8, 4) is 11.8 Å². The molecular weight excluding hydrogens is 412 g/mol. The largest absolute Gasteiger partial charge is 0.489 e. The zero-order chi connectivity index (χ0) is 22.7. The molecule has 2 aromatic carbocycles. The Balaban J connectivity index is 1.44. The van der Waals surface area contributed by atoms with Crippen molar-refractivity contribution < 1.29 is 4.74 Å². The Labute approximate surface area is 195 Å². The maximum absolute atomic E-state index is 9.76. The molecular formula is C28H30N2OS. The van der Waals surface area contributed by atoms with Gasteiger partial charge in [-0.15, -0.1) is 11.3 Å². The van der Waals surface area contributed by atoms with Gasteiger partial charge in [0, 0.05) is 11.1 Å². The summed E-state index contributed by atoms with van der Waals surface area (Å²) in [5.41, 5.74) is 5.69. The van der Waals surface area contributed by atoms with Gasteiger partial charge in [0.1, 0.15) is 23.4 Å². The van der Waals surface area contributed by atoms with Gasteiger partial charge in [0.2, 0.25) is 0 Å². The molecule has 0 aliphatic heterocycles. The molecule has 0 saturated heterocycles. The minimum absolute atomic E-state index is 0.293. The first-order valence-corrected chi connectivity index (χ1v) is 12.0. The Morgan fingerprint density at radius 3 is 2.50 bits per heavy atom. The molecule has 0 fully saturated rings. The molecule has 1 atom stereocenters. The van der Waals surface area contributed by atoms with Gasteiger partial charge in [-0.25, -0.2) is 4.99 Å². The van der Waals surface area contributed by atoms with Crippen LogP contribution in [0.5, 0.6) is 5.75 Å². The van der Waals surface area contributed by atoms with E-state index in [1.807, 2.05) is 30.5 Å². The highest BCUT2D eigenvalue weighted by molar-refractivity contribution is 7.16. The van der Waals surface area contributed by atoms with Gasteiger partial charge in [0.15, 0.2) is 0 Å². The van der Waals surface area contributed by atoms with Crippen LogP contribution in [0.3, 0.4) is 0 Å². The van der Waals surface area contributed by atoms with Crippen LogP contribution in [0.2, 0.25) is 0 Å². The topological polar surface area (TPSA) is 45.4 Å². The predicted molar refractivity (Wildman–Crippen MR) is 133 cm³/mol. The molecule has 4 heteroatoms. The molecule has 0 N–H and O–H groups in total. The summed E-state index contributed by atoms with van der Waals surface area (Å²) in [6, 6.07) is 18.7. The van der Waals surface area contributed by atoms with E-state index in [0.717, 1.165) is 46.7 Å². The third kappa shape index (κ3) is 5.11. The van der Waals surface area contributed by atoms with E-state index in [1.165, 1.54) is 16.0 Å². The monoisotopic (exact) mass is 442 g/mol. The van der Waals surface area contributed by atoms with Crippen LogP contribution < -0.4 is 4.74 Å². The normalized spacial score (nSPS) is 16.0. The molecule has 0 radical (unpaired) electrons. The number of fused-ring (bicyclic) bond motifs is 1. The van der Waals surface area contributed by atoms with Crippen LogP contribution in [0.25, 0.3) is 0 Å². The van der Waals surface area contributed by atoms with Crippen molar-refractivity contribution in [2.75, 3.05) is 0 Å². The van der Waals surface area contributed by atoms with Crippen molar-refractivity contribution in [2.24, 2.45) is 16.3 Å². The lowest BCUT2D eigenvalue weighted by atomic mass is 9.72. The maximum Gasteiger partial charge on any atom is 0.134 e. The molecule has 0 amide bonds. The zero-order valence-electron chi connectivity index (χ0n) is 19.3. The number of aliphatic imine (C=N–C) groups is 1. The first kappa shape index (κ1) is 22.3. The van der Waals surface area contributed by atoms with E-state index in [1.54, 1.807) is 11.3 Å². The maximum atomic E-state index is 9.76. The van der Waals surface area contributed by atoms with Crippen molar-refractivity contribution in [3.05, 3.63) is 81.2 Å². The molecule has 1 heterocycles. The fourth-order valence-electron chi connectivity index (χ4n) is 4.15. The SMILES string of the molecule is Cc1ccc(COc2ccc(C=Nc3sc4c(c3C#N)CC[C@@H](C(C)(C)C)C4)cc2)cc1. The molecule has 1 aliphatic carbocycles. The van der Waals surface area contributed by atoms with E-state index in [0.29, 0.717) is 17.9 Å². The summed E-state index contributed by atoms with van der Waals surface area (Å²) >= 11 is 1.69. The van der Waals surface area contributed by atoms with Crippen LogP contribution in [0, 0.1) is 29.6 Å². The summed E-state index contributed by atoms with van der Waals surface area (Å²) in [6.45, 7) is 9.58. The van der Waals surface area contributed by atoms with Gasteiger partial charge in [-0.2, -0.15) is 5.26 Å². The van der Waals surface area contributed by atoms with Gasteiger partial charge in [0.05, 0.1) is 5.56 Å². The molecule has 4 rings (SSSR count). The van der Waals surface area contributed by atoms with Crippen LogP contribution in [0.15, 0.2) is 53.5 Å². The van der Waals surface area contributed by atoms with Gasteiger partial charge in [-0.1, -0.05) is 50.6 Å². The molecule has 32 heavy (non-hydrogen) atoms. The lowest BCUT2D eigenvalue weighted by molar-refractivity contribution is 0.218. The van der Waals surface area contributed by atoms with E-state index in [-0.39, 0.29) is 0 Å². The second-order valence-electron chi connectivity index (χ2n) is 9.70. The fraction of sp³-hybridized carbons (Fsp3) is 0.357. The minimum atomic E-state index is 0.293. The van der Waals surface area contributed by atoms with Gasteiger partial charge >= 0.3 is 0 Å². The van der Waals surface area contributed by atoms with Gasteiger partial charge in [0.25, 0.3) is 0 Å². The number of nitrogens with zero attached hydrogens (tertiary/aromatic N) is 2. The summed E-state index contributed by atoms with van der Waals surface area (Å²) in [4.78, 5) is 6.05. The standard InChI is InChI=1S/C28H30N2OS/c1-19-5-7-21(8-6-19)18-31-23-12-9-20(10-13-23)17-30-27-25(16-29)24-14-11-22(28(2,3)4)15-26(24)32-27/h5-10,12-13,17,22H,11,14-15,18H2,1-4H3/t22-/m1/s1. The van der Waals surface area contributed by atoms with Gasteiger partial charge < -0.3 is 4.74 Å². The highest BCUT2D eigenvalue weighted by Gasteiger charge is 2.32. The predicted octanol–water partition coefficient (Wildman–Crippen LogP) is 7.41. The highest BCUT2D eigenvalue weighted by atomic mass is 32.1. The fourth-order valence-corrected chi connectivity index (χ4v) is 5.37. The van der Waals surface area contributed by atoms with E-state index >= 15 is 0 Å². The highest BCUT2D eigenvalue weighted by Crippen LogP contribution is 2.44. The van der Waals surface area contributed by atoms with Crippen LogP contribution in [-0.4, -0.2) is 6.21 Å².